The second-order valence-corrected chi connectivity index (χ2v) is 8.82. The first kappa shape index (κ1) is 20.8. The van der Waals surface area contributed by atoms with Gasteiger partial charge in [0.1, 0.15) is 0 Å². The number of aromatic nitrogens is 1. The Morgan fingerprint density at radius 1 is 0.966 bits per heavy atom. The summed E-state index contributed by atoms with van der Waals surface area (Å²) in [5.41, 5.74) is 2.67. The Morgan fingerprint density at radius 3 is 2.17 bits per heavy atom. The highest BCUT2D eigenvalue weighted by molar-refractivity contribution is 7.92. The largest absolute Gasteiger partial charge is 0.348 e. The maximum Gasteiger partial charge on any atom is 0.251 e. The standard InChI is InChI=1S/C21H20ClN3O3S/c1-29(27,28)25(15-17-2-6-19(22)7-3-17)20-8-4-18(5-9-20)21(26)24-14-16-10-12-23-13-11-16/h2-13H,14-15H2,1H3,(H,24,26). The van der Waals surface area contributed by atoms with Gasteiger partial charge in [0, 0.05) is 29.5 Å². The summed E-state index contributed by atoms with van der Waals surface area (Å²) < 4.78 is 25.9. The molecule has 0 saturated heterocycles. The smallest absolute Gasteiger partial charge is 0.251 e. The van der Waals surface area contributed by atoms with Crippen LogP contribution in [-0.4, -0.2) is 25.6 Å². The normalized spacial score (nSPS) is 11.1. The van der Waals surface area contributed by atoms with Crippen molar-refractivity contribution in [3.63, 3.8) is 0 Å². The molecule has 6 nitrogen and oxygen atoms in total. The first-order valence-corrected chi connectivity index (χ1v) is 11.0. The Labute approximate surface area is 175 Å². The average Bonchev–Trinajstić information content (AvgIpc) is 2.71. The lowest BCUT2D eigenvalue weighted by atomic mass is 10.1. The Balaban J connectivity index is 1.73. The first-order chi connectivity index (χ1) is 13.8. The maximum absolute atomic E-state index is 12.3. The molecule has 8 heteroatoms. The molecule has 0 unspecified atom stereocenters. The summed E-state index contributed by atoms with van der Waals surface area (Å²) in [7, 11) is -3.51. The number of rotatable bonds is 7. The van der Waals surface area contributed by atoms with Crippen molar-refractivity contribution in [2.75, 3.05) is 10.6 Å². The fraction of sp³-hybridized carbons (Fsp3) is 0.143. The zero-order valence-electron chi connectivity index (χ0n) is 15.7. The summed E-state index contributed by atoms with van der Waals surface area (Å²) in [4.78, 5) is 16.3. The van der Waals surface area contributed by atoms with Crippen LogP contribution in [0.3, 0.4) is 0 Å². The van der Waals surface area contributed by atoms with Crippen LogP contribution in [0.2, 0.25) is 5.02 Å². The molecule has 150 valence electrons. The number of nitrogens with zero attached hydrogens (tertiary/aromatic N) is 2. The molecule has 0 fully saturated rings. The Bertz CT molecular complexity index is 1070. The third kappa shape index (κ3) is 5.79. The van der Waals surface area contributed by atoms with Gasteiger partial charge >= 0.3 is 0 Å². The van der Waals surface area contributed by atoms with Crippen LogP contribution in [0.15, 0.2) is 73.1 Å². The van der Waals surface area contributed by atoms with Crippen molar-refractivity contribution in [1.29, 1.82) is 0 Å². The molecule has 0 bridgehead atoms. The number of hydrogen-bond acceptors (Lipinski definition) is 4. The number of benzene rings is 2. The van der Waals surface area contributed by atoms with E-state index in [4.69, 9.17) is 11.6 Å². The lowest BCUT2D eigenvalue weighted by Gasteiger charge is -2.23. The lowest BCUT2D eigenvalue weighted by molar-refractivity contribution is 0.0951. The van der Waals surface area contributed by atoms with Crippen molar-refractivity contribution >= 4 is 33.2 Å². The van der Waals surface area contributed by atoms with Gasteiger partial charge in [-0.15, -0.1) is 0 Å². The van der Waals surface area contributed by atoms with E-state index in [0.29, 0.717) is 22.8 Å². The lowest BCUT2D eigenvalue weighted by Crippen LogP contribution is -2.29. The van der Waals surface area contributed by atoms with E-state index in [1.54, 1.807) is 60.9 Å². The summed E-state index contributed by atoms with van der Waals surface area (Å²) in [6, 6.07) is 17.1. The molecular weight excluding hydrogens is 410 g/mol. The van der Waals surface area contributed by atoms with Crippen LogP contribution >= 0.6 is 11.6 Å². The fourth-order valence-electron chi connectivity index (χ4n) is 2.72. The van der Waals surface area contributed by atoms with Crippen molar-refractivity contribution < 1.29 is 13.2 Å². The summed E-state index contributed by atoms with van der Waals surface area (Å²) >= 11 is 5.89. The van der Waals surface area contributed by atoms with Gasteiger partial charge in [-0.25, -0.2) is 8.42 Å². The molecule has 0 spiro atoms. The molecular formula is C21H20ClN3O3S. The minimum atomic E-state index is -3.51. The van der Waals surface area contributed by atoms with E-state index in [9.17, 15) is 13.2 Å². The van der Waals surface area contributed by atoms with E-state index in [0.717, 1.165) is 17.4 Å². The van der Waals surface area contributed by atoms with E-state index < -0.39 is 10.0 Å². The monoisotopic (exact) mass is 429 g/mol. The highest BCUT2D eigenvalue weighted by atomic mass is 35.5. The molecule has 1 amide bonds. The molecule has 0 aliphatic rings. The van der Waals surface area contributed by atoms with Crippen LogP contribution < -0.4 is 9.62 Å². The number of sulfonamides is 1. The Morgan fingerprint density at radius 2 is 1.59 bits per heavy atom. The molecule has 1 heterocycles. The highest BCUT2D eigenvalue weighted by Gasteiger charge is 2.18. The van der Waals surface area contributed by atoms with Crippen molar-refractivity contribution in [3.05, 3.63) is 94.8 Å². The van der Waals surface area contributed by atoms with E-state index in [1.165, 1.54) is 4.31 Å². The number of anilines is 1. The molecule has 3 rings (SSSR count). The van der Waals surface area contributed by atoms with E-state index in [1.807, 2.05) is 12.1 Å². The van der Waals surface area contributed by atoms with Crippen LogP contribution in [-0.2, 0) is 23.1 Å². The predicted octanol–water partition coefficient (Wildman–Crippen LogP) is 3.63. The van der Waals surface area contributed by atoms with E-state index >= 15 is 0 Å². The minimum Gasteiger partial charge on any atom is -0.348 e. The Kier molecular flexibility index (Phi) is 6.51. The van der Waals surface area contributed by atoms with Crippen LogP contribution in [0.1, 0.15) is 21.5 Å². The molecule has 29 heavy (non-hydrogen) atoms. The van der Waals surface area contributed by atoms with Gasteiger partial charge in [-0.2, -0.15) is 0 Å². The van der Waals surface area contributed by atoms with Gasteiger partial charge in [-0.3, -0.25) is 14.1 Å². The van der Waals surface area contributed by atoms with Crippen LogP contribution in [0.25, 0.3) is 0 Å². The molecule has 2 aromatic carbocycles. The summed E-state index contributed by atoms with van der Waals surface area (Å²) in [6.07, 6.45) is 4.48. The quantitative estimate of drug-likeness (QED) is 0.622. The third-order valence-corrected chi connectivity index (χ3v) is 5.65. The zero-order chi connectivity index (χ0) is 20.9. The zero-order valence-corrected chi connectivity index (χ0v) is 17.3. The van der Waals surface area contributed by atoms with Gasteiger partial charge in [0.25, 0.3) is 5.91 Å². The van der Waals surface area contributed by atoms with Crippen molar-refractivity contribution in [1.82, 2.24) is 10.3 Å². The number of halogens is 1. The summed E-state index contributed by atoms with van der Waals surface area (Å²) in [5, 5.41) is 3.41. The predicted molar refractivity (Wildman–Crippen MR) is 114 cm³/mol. The molecule has 1 N–H and O–H groups in total. The van der Waals surface area contributed by atoms with Crippen molar-refractivity contribution in [2.45, 2.75) is 13.1 Å². The number of hydrogen-bond donors (Lipinski definition) is 1. The van der Waals surface area contributed by atoms with Crippen LogP contribution in [0.4, 0.5) is 5.69 Å². The number of amides is 1. The fourth-order valence-corrected chi connectivity index (χ4v) is 3.73. The highest BCUT2D eigenvalue weighted by Crippen LogP contribution is 2.22. The average molecular weight is 430 g/mol. The van der Waals surface area contributed by atoms with Gasteiger partial charge in [-0.05, 0) is 59.7 Å². The molecule has 0 atom stereocenters. The molecule has 0 aliphatic heterocycles. The van der Waals surface area contributed by atoms with Gasteiger partial charge in [0.15, 0.2) is 0 Å². The molecule has 0 saturated carbocycles. The Hall–Kier alpha value is -2.90. The van der Waals surface area contributed by atoms with Crippen molar-refractivity contribution in [3.8, 4) is 0 Å². The first-order valence-electron chi connectivity index (χ1n) is 8.82. The van der Waals surface area contributed by atoms with Crippen LogP contribution in [0.5, 0.6) is 0 Å². The number of pyridine rings is 1. The number of nitrogens with one attached hydrogen (secondary N) is 1. The molecule has 3 aromatic rings. The van der Waals surface area contributed by atoms with E-state index in [2.05, 4.69) is 10.3 Å². The SMILES string of the molecule is CS(=O)(=O)N(Cc1ccc(Cl)cc1)c1ccc(C(=O)NCc2ccncc2)cc1. The van der Waals surface area contributed by atoms with Crippen LogP contribution in [0, 0.1) is 0 Å². The van der Waals surface area contributed by atoms with Gasteiger partial charge in [0.2, 0.25) is 10.0 Å². The second-order valence-electron chi connectivity index (χ2n) is 6.48. The number of carbonyl (C=O) groups excluding carboxylic acids is 1. The minimum absolute atomic E-state index is 0.170. The second kappa shape index (κ2) is 9.07. The van der Waals surface area contributed by atoms with E-state index in [-0.39, 0.29) is 12.5 Å². The van der Waals surface area contributed by atoms with Gasteiger partial charge < -0.3 is 5.32 Å². The topological polar surface area (TPSA) is 79.4 Å². The summed E-state index contributed by atoms with van der Waals surface area (Å²) in [5.74, 6) is -0.239. The molecule has 1 aromatic heterocycles. The van der Waals surface area contributed by atoms with Gasteiger partial charge in [0.05, 0.1) is 18.5 Å². The third-order valence-electron chi connectivity index (χ3n) is 4.26. The molecule has 0 aliphatic carbocycles. The van der Waals surface area contributed by atoms with Gasteiger partial charge in [-0.1, -0.05) is 23.7 Å². The summed E-state index contributed by atoms with van der Waals surface area (Å²) in [6.45, 7) is 0.554. The molecule has 0 radical (unpaired) electrons. The maximum atomic E-state index is 12.3. The van der Waals surface area contributed by atoms with Crippen molar-refractivity contribution in [2.24, 2.45) is 0 Å². The number of carbonyl (C=O) groups is 1.